The van der Waals surface area contributed by atoms with Crippen molar-refractivity contribution in [3.05, 3.63) is 45.9 Å². The van der Waals surface area contributed by atoms with E-state index in [2.05, 4.69) is 9.79 Å². The molecule has 0 saturated carbocycles. The van der Waals surface area contributed by atoms with Gasteiger partial charge in [0.2, 0.25) is 5.69 Å². The SMILES string of the molecule is Cc1cccc(C)c1-[n+]1cc(=O)o[nH]1. The molecule has 4 heteroatoms. The minimum absolute atomic E-state index is 0.382. The Labute approximate surface area is 80.7 Å². The lowest BCUT2D eigenvalue weighted by molar-refractivity contribution is -0.671. The quantitative estimate of drug-likeness (QED) is 0.680. The summed E-state index contributed by atoms with van der Waals surface area (Å²) in [4.78, 5) is 10.9. The molecule has 0 unspecified atom stereocenters. The summed E-state index contributed by atoms with van der Waals surface area (Å²) in [5, 5.41) is 2.53. The molecular formula is C10H11N2O2+. The van der Waals surface area contributed by atoms with E-state index in [1.54, 1.807) is 4.68 Å². The van der Waals surface area contributed by atoms with Crippen molar-refractivity contribution >= 4 is 0 Å². The first-order valence-corrected chi connectivity index (χ1v) is 4.35. The Balaban J connectivity index is 2.67. The van der Waals surface area contributed by atoms with E-state index in [4.69, 9.17) is 0 Å². The molecule has 0 atom stereocenters. The van der Waals surface area contributed by atoms with Crippen LogP contribution in [-0.2, 0) is 0 Å². The van der Waals surface area contributed by atoms with Crippen LogP contribution in [0.4, 0.5) is 0 Å². The van der Waals surface area contributed by atoms with Gasteiger partial charge in [0.15, 0.2) is 0 Å². The summed E-state index contributed by atoms with van der Waals surface area (Å²) in [7, 11) is 0. The monoisotopic (exact) mass is 191 g/mol. The summed E-state index contributed by atoms with van der Waals surface area (Å²) in [6.45, 7) is 3.97. The average molecular weight is 191 g/mol. The van der Waals surface area contributed by atoms with Crippen molar-refractivity contribution in [2.75, 3.05) is 0 Å². The third-order valence-corrected chi connectivity index (χ3v) is 2.16. The average Bonchev–Trinajstić information content (AvgIpc) is 2.51. The molecule has 0 fully saturated rings. The van der Waals surface area contributed by atoms with E-state index in [0.29, 0.717) is 0 Å². The fourth-order valence-electron chi connectivity index (χ4n) is 1.55. The molecule has 0 aliphatic heterocycles. The highest BCUT2D eigenvalue weighted by molar-refractivity contribution is 5.39. The second-order valence-corrected chi connectivity index (χ2v) is 3.25. The second-order valence-electron chi connectivity index (χ2n) is 3.25. The number of H-pyrrole nitrogens is 1. The number of hydrogen-bond donors (Lipinski definition) is 1. The van der Waals surface area contributed by atoms with Crippen LogP contribution in [0.5, 0.6) is 0 Å². The van der Waals surface area contributed by atoms with Crippen molar-refractivity contribution in [3.63, 3.8) is 0 Å². The van der Waals surface area contributed by atoms with Crippen LogP contribution >= 0.6 is 0 Å². The number of benzene rings is 1. The van der Waals surface area contributed by atoms with Gasteiger partial charge >= 0.3 is 5.63 Å². The Bertz CT molecular complexity index is 491. The number of nitrogens with zero attached hydrogens (tertiary/aromatic N) is 1. The predicted molar refractivity (Wildman–Crippen MR) is 50.3 cm³/mol. The van der Waals surface area contributed by atoms with Crippen molar-refractivity contribution in [2.24, 2.45) is 0 Å². The maximum absolute atomic E-state index is 10.9. The van der Waals surface area contributed by atoms with Crippen LogP contribution in [0.3, 0.4) is 0 Å². The van der Waals surface area contributed by atoms with E-state index in [1.807, 2.05) is 32.0 Å². The highest BCUT2D eigenvalue weighted by Crippen LogP contribution is 2.11. The van der Waals surface area contributed by atoms with Gasteiger partial charge in [0.05, 0.1) is 0 Å². The summed E-state index contributed by atoms with van der Waals surface area (Å²) < 4.78 is 6.20. The molecule has 0 spiro atoms. The number of aromatic amines is 1. The van der Waals surface area contributed by atoms with E-state index in [1.165, 1.54) is 6.20 Å². The molecule has 0 amide bonds. The fourth-order valence-corrected chi connectivity index (χ4v) is 1.55. The van der Waals surface area contributed by atoms with Crippen LogP contribution in [0, 0.1) is 13.8 Å². The first-order chi connectivity index (χ1) is 6.68. The topological polar surface area (TPSA) is 49.9 Å². The molecule has 0 saturated heterocycles. The lowest BCUT2D eigenvalue weighted by atomic mass is 10.1. The zero-order valence-corrected chi connectivity index (χ0v) is 8.07. The molecule has 14 heavy (non-hydrogen) atoms. The van der Waals surface area contributed by atoms with Crippen LogP contribution in [0.2, 0.25) is 0 Å². The van der Waals surface area contributed by atoms with Gasteiger partial charge in [0.1, 0.15) is 0 Å². The molecule has 0 aliphatic carbocycles. The number of rotatable bonds is 1. The van der Waals surface area contributed by atoms with Crippen LogP contribution in [0.15, 0.2) is 33.7 Å². The van der Waals surface area contributed by atoms with Gasteiger partial charge in [-0.3, -0.25) is 4.52 Å². The van der Waals surface area contributed by atoms with Crippen molar-refractivity contribution in [2.45, 2.75) is 13.8 Å². The van der Waals surface area contributed by atoms with Crippen LogP contribution in [0.1, 0.15) is 11.1 Å². The summed E-state index contributed by atoms with van der Waals surface area (Å²) >= 11 is 0. The standard InChI is InChI=1S/C10H10N2O2/c1-7-4-3-5-8(2)10(7)12-6-9(13)14-11-12/h3-6H,1-2H3/p+1. The maximum Gasteiger partial charge on any atom is 0.427 e. The van der Waals surface area contributed by atoms with Crippen molar-refractivity contribution in [3.8, 4) is 5.69 Å². The molecule has 1 N–H and O–H groups in total. The van der Waals surface area contributed by atoms with E-state index in [-0.39, 0.29) is 5.63 Å². The highest BCUT2D eigenvalue weighted by Gasteiger charge is 2.15. The van der Waals surface area contributed by atoms with Crippen LogP contribution in [-0.4, -0.2) is 5.27 Å². The van der Waals surface area contributed by atoms with Crippen LogP contribution < -0.4 is 10.3 Å². The number of aromatic nitrogens is 2. The maximum atomic E-state index is 10.9. The first kappa shape index (κ1) is 8.74. The first-order valence-electron chi connectivity index (χ1n) is 4.35. The van der Waals surface area contributed by atoms with Gasteiger partial charge < -0.3 is 0 Å². The molecule has 2 rings (SSSR count). The summed E-state index contributed by atoms with van der Waals surface area (Å²) in [6, 6.07) is 5.95. The molecule has 1 aromatic carbocycles. The minimum Gasteiger partial charge on any atom is -0.283 e. The van der Waals surface area contributed by atoms with Crippen molar-refractivity contribution in [1.82, 2.24) is 5.27 Å². The lowest BCUT2D eigenvalue weighted by Gasteiger charge is -1.98. The Morgan fingerprint density at radius 3 is 2.43 bits per heavy atom. The number of hydrogen-bond acceptors (Lipinski definition) is 2. The van der Waals surface area contributed by atoms with Gasteiger partial charge in [-0.15, -0.1) is 0 Å². The molecule has 0 bridgehead atoms. The largest absolute Gasteiger partial charge is 0.427 e. The van der Waals surface area contributed by atoms with Gasteiger partial charge in [-0.25, -0.2) is 4.79 Å². The molecular weight excluding hydrogens is 180 g/mol. The third kappa shape index (κ3) is 1.35. The predicted octanol–water partition coefficient (Wildman–Crippen LogP) is 0.861. The summed E-state index contributed by atoms with van der Waals surface area (Å²) in [5.74, 6) is 0. The smallest absolute Gasteiger partial charge is 0.283 e. The molecule has 0 radical (unpaired) electrons. The molecule has 1 heterocycles. The molecule has 1 aromatic heterocycles. The van der Waals surface area contributed by atoms with Crippen molar-refractivity contribution < 1.29 is 9.20 Å². The van der Waals surface area contributed by atoms with E-state index < -0.39 is 0 Å². The summed E-state index contributed by atoms with van der Waals surface area (Å²) in [6.07, 6.45) is 1.38. The molecule has 2 aromatic rings. The van der Waals surface area contributed by atoms with Crippen molar-refractivity contribution in [1.29, 1.82) is 0 Å². The van der Waals surface area contributed by atoms with Gasteiger partial charge in [-0.2, -0.15) is 0 Å². The normalized spacial score (nSPS) is 10.4. The third-order valence-electron chi connectivity index (χ3n) is 2.16. The Morgan fingerprint density at radius 1 is 1.29 bits per heavy atom. The highest BCUT2D eigenvalue weighted by atomic mass is 16.5. The molecule has 0 aliphatic rings. The zero-order valence-electron chi connectivity index (χ0n) is 8.07. The molecule has 72 valence electrons. The van der Waals surface area contributed by atoms with Gasteiger partial charge in [-0.1, -0.05) is 18.2 Å². The second kappa shape index (κ2) is 3.14. The van der Waals surface area contributed by atoms with E-state index >= 15 is 0 Å². The number of nitrogens with one attached hydrogen (secondary N) is 1. The summed E-state index contributed by atoms with van der Waals surface area (Å²) in [5.41, 5.74) is 2.75. The zero-order chi connectivity index (χ0) is 10.1. The number of aryl methyl sites for hydroxylation is 2. The molecule has 4 nitrogen and oxygen atoms in total. The van der Waals surface area contributed by atoms with Gasteiger partial charge in [0, 0.05) is 11.1 Å². The van der Waals surface area contributed by atoms with Gasteiger partial charge in [0.25, 0.3) is 6.20 Å². The Kier molecular flexibility index (Phi) is 1.96. The Morgan fingerprint density at radius 2 is 1.93 bits per heavy atom. The lowest BCUT2D eigenvalue weighted by Crippen LogP contribution is -2.34. The van der Waals surface area contributed by atoms with E-state index in [9.17, 15) is 4.79 Å². The van der Waals surface area contributed by atoms with Crippen LogP contribution in [0.25, 0.3) is 5.69 Å². The fraction of sp³-hybridized carbons (Fsp3) is 0.200. The minimum atomic E-state index is -0.382. The number of para-hydroxylation sites is 1. The van der Waals surface area contributed by atoms with E-state index in [0.717, 1.165) is 16.8 Å². The van der Waals surface area contributed by atoms with Gasteiger partial charge in [-0.05, 0) is 23.8 Å². The Hall–Kier alpha value is -1.84.